The van der Waals surface area contributed by atoms with Crippen LogP contribution in [0.4, 0.5) is 9.59 Å². The van der Waals surface area contributed by atoms with Crippen LogP contribution in [0, 0.1) is 0 Å². The minimum atomic E-state index is -0.902. The monoisotopic (exact) mass is 1040 g/mol. The molecule has 2 aliphatic heterocycles. The molecule has 0 spiro atoms. The van der Waals surface area contributed by atoms with Crippen LogP contribution in [-0.4, -0.2) is 135 Å². The zero-order chi connectivity index (χ0) is 52.6. The molecular weight excluding hydrogens is 980 g/mol. The second-order valence-electron chi connectivity index (χ2n) is 20.9. The molecule has 16 nitrogen and oxygen atoms in total. The van der Waals surface area contributed by atoms with Crippen molar-refractivity contribution >= 4 is 64.5 Å². The Morgan fingerprint density at radius 3 is 1.58 bits per heavy atom. The fourth-order valence-corrected chi connectivity index (χ4v) is 10.3. The van der Waals surface area contributed by atoms with Crippen molar-refractivity contribution in [1.29, 1.82) is 0 Å². The lowest BCUT2D eigenvalue weighted by molar-refractivity contribution is 0.0109. The van der Waals surface area contributed by atoms with Gasteiger partial charge in [0.05, 0.1) is 54.2 Å². The number of carbonyl (C=O) groups is 3. The number of pyridine rings is 2. The molecule has 1 unspecified atom stereocenters. The number of nitrogens with zero attached hydrogens (tertiary/aromatic N) is 10. The van der Waals surface area contributed by atoms with Gasteiger partial charge in [0.2, 0.25) is 5.78 Å². The van der Waals surface area contributed by atoms with Crippen LogP contribution in [0.3, 0.4) is 0 Å². The van der Waals surface area contributed by atoms with E-state index in [0.29, 0.717) is 79.4 Å². The zero-order valence-electron chi connectivity index (χ0n) is 43.0. The Bertz CT molecular complexity index is 3140. The third-order valence-electron chi connectivity index (χ3n) is 13.5. The predicted molar refractivity (Wildman–Crippen MR) is 285 cm³/mol. The summed E-state index contributed by atoms with van der Waals surface area (Å²) in [6, 6.07) is 18.9. The summed E-state index contributed by atoms with van der Waals surface area (Å²) in [4.78, 5) is 65.2. The molecule has 6 heterocycles. The summed E-state index contributed by atoms with van der Waals surface area (Å²) in [5.41, 5.74) is 8.59. The van der Waals surface area contributed by atoms with Crippen molar-refractivity contribution in [3.05, 3.63) is 164 Å². The quantitative estimate of drug-likeness (QED) is 0.157. The molecule has 0 saturated carbocycles. The maximum absolute atomic E-state index is 13.8. The van der Waals surface area contributed by atoms with Gasteiger partial charge in [-0.1, -0.05) is 47.5 Å². The number of ether oxygens (including phenoxy) is 2. The van der Waals surface area contributed by atoms with E-state index in [1.807, 2.05) is 126 Å². The van der Waals surface area contributed by atoms with E-state index in [0.717, 1.165) is 50.3 Å². The van der Waals surface area contributed by atoms with Gasteiger partial charge in [-0.3, -0.25) is 24.6 Å². The molecule has 3 atom stereocenters. The number of rotatable bonds is 6. The summed E-state index contributed by atoms with van der Waals surface area (Å²) in [6.45, 7) is 16.0. The molecule has 386 valence electrons. The molecule has 2 saturated heterocycles. The number of Topliss-reactive ketones (excluding diaryl/α,β-unsaturated/α-hetero) is 1. The van der Waals surface area contributed by atoms with Crippen LogP contribution in [0.25, 0.3) is 23.3 Å². The molecule has 2 fully saturated rings. The number of aromatic nitrogens is 6. The third-order valence-corrected chi connectivity index (χ3v) is 13.9. The highest BCUT2D eigenvalue weighted by Gasteiger charge is 2.38. The number of imidazole rings is 2. The van der Waals surface area contributed by atoms with Crippen LogP contribution >= 0.6 is 23.2 Å². The highest BCUT2D eigenvalue weighted by atomic mass is 35.5. The molecule has 18 heteroatoms. The minimum absolute atomic E-state index is 0.131. The predicted octanol–water partition coefficient (Wildman–Crippen LogP) is 9.55. The topological polar surface area (TPSA) is 164 Å². The SMILES string of the molecule is Cn1cncc1C(=O)C1=Cc2cccnc2[C@@H](N2CCN(C(=O)OC(C)(C)C)CC2)c2ccc(Cl)cc21.Cn1cncc1C(O)C1=Cc2cccnc2[C@@H](N2CCN(C(=O)OC(C)(C)C)CC2)c2ccc(Cl)cc21. The Morgan fingerprint density at radius 1 is 0.635 bits per heavy atom. The summed E-state index contributed by atoms with van der Waals surface area (Å²) in [5.74, 6) is -0.131. The van der Waals surface area contributed by atoms with E-state index >= 15 is 0 Å². The number of aryl methyl sites for hydroxylation is 2. The van der Waals surface area contributed by atoms with Crippen molar-refractivity contribution in [2.45, 2.75) is 70.9 Å². The number of halogens is 2. The Morgan fingerprint density at radius 2 is 1.11 bits per heavy atom. The van der Waals surface area contributed by atoms with Gasteiger partial charge in [-0.05, 0) is 129 Å². The molecule has 1 N–H and O–H groups in total. The summed E-state index contributed by atoms with van der Waals surface area (Å²) in [7, 11) is 3.67. The van der Waals surface area contributed by atoms with E-state index in [2.05, 4.69) is 19.8 Å². The lowest BCUT2D eigenvalue weighted by atomic mass is 9.91. The van der Waals surface area contributed by atoms with Gasteiger partial charge in [-0.2, -0.15) is 0 Å². The lowest BCUT2D eigenvalue weighted by Gasteiger charge is -2.40. The largest absolute Gasteiger partial charge is 0.444 e. The molecular formula is C56H62Cl2N10O6. The van der Waals surface area contributed by atoms with E-state index in [-0.39, 0.29) is 30.1 Å². The summed E-state index contributed by atoms with van der Waals surface area (Å²) in [6.07, 6.45) is 12.5. The Balaban J connectivity index is 0.000000182. The first-order valence-electron chi connectivity index (χ1n) is 24.8. The van der Waals surface area contributed by atoms with Crippen LogP contribution < -0.4 is 0 Å². The maximum atomic E-state index is 13.8. The smallest absolute Gasteiger partial charge is 0.410 e. The molecule has 2 aliphatic carbocycles. The molecule has 4 aliphatic rings. The second-order valence-corrected chi connectivity index (χ2v) is 21.8. The lowest BCUT2D eigenvalue weighted by Crippen LogP contribution is -2.51. The fraction of sp³-hybridized carbons (Fsp3) is 0.375. The van der Waals surface area contributed by atoms with Crippen LogP contribution in [0.15, 0.2) is 98.1 Å². The number of benzene rings is 2. The average Bonchev–Trinajstić information content (AvgIpc) is 3.93. The minimum Gasteiger partial charge on any atom is -0.444 e. The van der Waals surface area contributed by atoms with E-state index in [1.165, 1.54) is 0 Å². The molecule has 74 heavy (non-hydrogen) atoms. The number of amides is 2. The first-order valence-corrected chi connectivity index (χ1v) is 25.5. The standard InChI is InChI=1S/C28H32ClN5O3.C28H30ClN5O3/c2*1-28(2,3)37-27(36)34-12-10-33(11-13-34)25-20-8-7-19(29)15-21(20)22(14-18-6-5-9-31-24(18)25)26(35)23-16-30-17-32(23)4/h5-9,14-17,25-26,35H,10-13H2,1-4H3;5-9,14-17,25H,10-13H2,1-4H3/t25-,26?;25-/m00/s1. The number of aliphatic hydroxyl groups is 1. The molecule has 4 aromatic heterocycles. The van der Waals surface area contributed by atoms with E-state index in [1.54, 1.807) is 58.9 Å². The molecule has 2 amide bonds. The summed E-state index contributed by atoms with van der Waals surface area (Å²) in [5, 5.41) is 12.7. The van der Waals surface area contributed by atoms with Crippen molar-refractivity contribution in [2.75, 3.05) is 52.4 Å². The number of aliphatic hydroxyl groups excluding tert-OH is 1. The van der Waals surface area contributed by atoms with Crippen LogP contribution in [-0.2, 0) is 23.6 Å². The number of allylic oxidation sites excluding steroid dienone is 1. The van der Waals surface area contributed by atoms with Gasteiger partial charge in [0.15, 0.2) is 0 Å². The highest BCUT2D eigenvalue weighted by molar-refractivity contribution is 6.34. The number of fused-ring (bicyclic) bond motifs is 4. The molecule has 2 aromatic carbocycles. The fourth-order valence-electron chi connectivity index (χ4n) is 9.99. The van der Waals surface area contributed by atoms with Gasteiger partial charge in [0.1, 0.15) is 23.0 Å². The number of hydrogen-bond donors (Lipinski definition) is 1. The van der Waals surface area contributed by atoms with E-state index < -0.39 is 17.3 Å². The third kappa shape index (κ3) is 11.2. The van der Waals surface area contributed by atoms with Crippen molar-refractivity contribution in [1.82, 2.24) is 48.7 Å². The maximum Gasteiger partial charge on any atom is 0.410 e. The van der Waals surface area contributed by atoms with E-state index in [9.17, 15) is 19.5 Å². The number of ketones is 1. The Kier molecular flexibility index (Phi) is 15.0. The van der Waals surface area contributed by atoms with Gasteiger partial charge < -0.3 is 33.5 Å². The van der Waals surface area contributed by atoms with Gasteiger partial charge in [-0.15, -0.1) is 0 Å². The molecule has 0 bridgehead atoms. The van der Waals surface area contributed by atoms with Crippen molar-refractivity contribution in [3.63, 3.8) is 0 Å². The van der Waals surface area contributed by atoms with Gasteiger partial charge in [0, 0.05) is 94.5 Å². The first kappa shape index (κ1) is 52.2. The number of hydrogen-bond acceptors (Lipinski definition) is 12. The highest BCUT2D eigenvalue weighted by Crippen LogP contribution is 2.45. The Labute approximate surface area is 441 Å². The molecule has 10 rings (SSSR count). The van der Waals surface area contributed by atoms with Crippen LogP contribution in [0.2, 0.25) is 10.0 Å². The van der Waals surface area contributed by atoms with Crippen molar-refractivity contribution in [2.24, 2.45) is 14.1 Å². The van der Waals surface area contributed by atoms with Crippen LogP contribution in [0.1, 0.15) is 121 Å². The normalized spacial score (nSPS) is 18.4. The Hall–Kier alpha value is -6.69. The average molecular weight is 1040 g/mol. The van der Waals surface area contributed by atoms with E-state index in [4.69, 9.17) is 42.6 Å². The molecule has 0 radical (unpaired) electrons. The number of piperazine rings is 2. The second kappa shape index (κ2) is 21.3. The first-order chi connectivity index (χ1) is 35.2. The summed E-state index contributed by atoms with van der Waals surface area (Å²) < 4.78 is 14.7. The van der Waals surface area contributed by atoms with Gasteiger partial charge in [-0.25, -0.2) is 19.6 Å². The van der Waals surface area contributed by atoms with Crippen molar-refractivity contribution in [3.8, 4) is 0 Å². The van der Waals surface area contributed by atoms with Gasteiger partial charge >= 0.3 is 12.2 Å². The summed E-state index contributed by atoms with van der Waals surface area (Å²) >= 11 is 13.0. The van der Waals surface area contributed by atoms with Crippen LogP contribution in [0.5, 0.6) is 0 Å². The van der Waals surface area contributed by atoms with Crippen molar-refractivity contribution < 1.29 is 29.0 Å². The van der Waals surface area contributed by atoms with Gasteiger partial charge in [0.25, 0.3) is 0 Å². The molecule has 6 aromatic rings. The number of carbonyl (C=O) groups excluding carboxylic acids is 3. The zero-order valence-corrected chi connectivity index (χ0v) is 44.5.